The first-order valence-electron chi connectivity index (χ1n) is 10.5. The summed E-state index contributed by atoms with van der Waals surface area (Å²) in [4.78, 5) is 38.5. The topological polar surface area (TPSA) is 80.6 Å². The fourth-order valence-electron chi connectivity index (χ4n) is 4.20. The molecule has 0 saturated heterocycles. The van der Waals surface area contributed by atoms with E-state index in [-0.39, 0.29) is 24.4 Å². The summed E-state index contributed by atoms with van der Waals surface area (Å²) in [7, 11) is 0. The van der Waals surface area contributed by atoms with E-state index in [2.05, 4.69) is 5.32 Å². The summed E-state index contributed by atoms with van der Waals surface area (Å²) in [6, 6.07) is 5.55. The molecule has 0 aliphatic carbocycles. The number of rotatable bonds is 6. The maximum atomic E-state index is 12.6. The van der Waals surface area contributed by atoms with Crippen LogP contribution in [0.5, 0.6) is 0 Å². The van der Waals surface area contributed by atoms with Crippen molar-refractivity contribution in [3.8, 4) is 0 Å². The van der Waals surface area contributed by atoms with Crippen LogP contribution in [0, 0.1) is 13.8 Å². The van der Waals surface area contributed by atoms with Crippen molar-refractivity contribution < 1.29 is 19.1 Å². The van der Waals surface area contributed by atoms with Gasteiger partial charge in [0.15, 0.2) is 0 Å². The van der Waals surface area contributed by atoms with Gasteiger partial charge in [-0.2, -0.15) is 0 Å². The molecule has 31 heavy (non-hydrogen) atoms. The highest BCUT2D eigenvalue weighted by Crippen LogP contribution is 2.30. The van der Waals surface area contributed by atoms with Crippen LogP contribution in [-0.4, -0.2) is 35.5 Å². The minimum Gasteiger partial charge on any atom is -0.462 e. The Balaban J connectivity index is 1.81. The highest BCUT2D eigenvalue weighted by atomic mass is 16.5. The summed E-state index contributed by atoms with van der Waals surface area (Å²) in [5, 5.41) is 2.86. The fourth-order valence-corrected chi connectivity index (χ4v) is 4.20. The quantitative estimate of drug-likeness (QED) is 0.565. The van der Waals surface area contributed by atoms with E-state index < -0.39 is 0 Å². The van der Waals surface area contributed by atoms with Crippen LogP contribution in [0.25, 0.3) is 6.08 Å². The molecule has 2 amide bonds. The van der Waals surface area contributed by atoms with Gasteiger partial charge in [-0.25, -0.2) is 4.79 Å². The molecule has 7 nitrogen and oxygen atoms in total. The lowest BCUT2D eigenvalue weighted by Gasteiger charge is -2.14. The van der Waals surface area contributed by atoms with Crippen LogP contribution in [0.1, 0.15) is 53.6 Å². The Kier molecular flexibility index (Phi) is 6.63. The van der Waals surface area contributed by atoms with E-state index in [0.29, 0.717) is 23.4 Å². The molecule has 1 aliphatic heterocycles. The number of ether oxygens (including phenoxy) is 1. The first kappa shape index (κ1) is 22.3. The number of benzene rings is 1. The lowest BCUT2D eigenvalue weighted by Crippen LogP contribution is -2.25. The normalized spacial score (nSPS) is 12.9. The molecule has 2 aromatic rings. The van der Waals surface area contributed by atoms with Crippen molar-refractivity contribution in [1.82, 2.24) is 4.57 Å². The number of esters is 1. The van der Waals surface area contributed by atoms with Gasteiger partial charge in [-0.3, -0.25) is 9.59 Å². The van der Waals surface area contributed by atoms with Gasteiger partial charge < -0.3 is 19.5 Å². The molecule has 0 unspecified atom stereocenters. The first-order chi connectivity index (χ1) is 14.8. The van der Waals surface area contributed by atoms with Gasteiger partial charge in [0.25, 0.3) is 0 Å². The molecule has 0 spiro atoms. The van der Waals surface area contributed by atoms with Crippen molar-refractivity contribution in [2.24, 2.45) is 0 Å². The van der Waals surface area contributed by atoms with E-state index in [1.54, 1.807) is 30.9 Å². The van der Waals surface area contributed by atoms with Gasteiger partial charge in [0.05, 0.1) is 12.2 Å². The Hall–Kier alpha value is -3.35. The Morgan fingerprint density at radius 2 is 1.90 bits per heavy atom. The van der Waals surface area contributed by atoms with Crippen molar-refractivity contribution in [3.05, 3.63) is 52.4 Å². The maximum Gasteiger partial charge on any atom is 0.340 e. The molecule has 0 fully saturated rings. The van der Waals surface area contributed by atoms with Crippen LogP contribution in [0.3, 0.4) is 0 Å². The minimum atomic E-state index is -0.385. The number of nitrogens with one attached hydrogen (secondary N) is 1. The Morgan fingerprint density at radius 3 is 2.55 bits per heavy atom. The fraction of sp³-hybridized carbons (Fsp3) is 0.375. The maximum absolute atomic E-state index is 12.6. The van der Waals surface area contributed by atoms with Crippen LogP contribution < -0.4 is 10.2 Å². The van der Waals surface area contributed by atoms with Crippen molar-refractivity contribution in [2.45, 2.75) is 47.6 Å². The monoisotopic (exact) mass is 423 g/mol. The summed E-state index contributed by atoms with van der Waals surface area (Å²) in [5.74, 6) is -0.665. The zero-order valence-electron chi connectivity index (χ0n) is 18.7. The lowest BCUT2D eigenvalue weighted by atomic mass is 10.1. The van der Waals surface area contributed by atoms with Gasteiger partial charge in [-0.15, -0.1) is 0 Å². The van der Waals surface area contributed by atoms with Crippen molar-refractivity contribution >= 4 is 35.2 Å². The largest absolute Gasteiger partial charge is 0.462 e. The molecule has 2 heterocycles. The van der Waals surface area contributed by atoms with Gasteiger partial charge >= 0.3 is 5.97 Å². The molecule has 0 bridgehead atoms. The number of carbonyl (C=O) groups excluding carboxylic acids is 3. The highest BCUT2D eigenvalue weighted by molar-refractivity contribution is 6.04. The standard InChI is InChI=1S/C24H29N3O4/c1-6-26-15(3)20(23(16(26)4)24(30)31-7-2)9-11-22(29)25-19-8-10-21-18(14-19)12-13-27(21)17(5)28/h8-11,14H,6-7,12-13H2,1-5H3,(H,25,29)/b11-9+. The second kappa shape index (κ2) is 9.20. The van der Waals surface area contributed by atoms with E-state index in [9.17, 15) is 14.4 Å². The Labute approximate surface area is 182 Å². The van der Waals surface area contributed by atoms with Crippen molar-refractivity contribution in [2.75, 3.05) is 23.4 Å². The summed E-state index contributed by atoms with van der Waals surface area (Å²) >= 11 is 0. The molecule has 1 aromatic heterocycles. The van der Waals surface area contributed by atoms with E-state index in [1.165, 1.54) is 6.08 Å². The molecule has 3 rings (SSSR count). The summed E-state index contributed by atoms with van der Waals surface area (Å²) in [6.45, 7) is 10.8. The zero-order chi connectivity index (χ0) is 22.7. The predicted octanol–water partition coefficient (Wildman–Crippen LogP) is 3.86. The third-order valence-electron chi connectivity index (χ3n) is 5.65. The van der Waals surface area contributed by atoms with E-state index in [1.807, 2.05) is 37.5 Å². The molecule has 7 heteroatoms. The third-order valence-corrected chi connectivity index (χ3v) is 5.65. The minimum absolute atomic E-state index is 0.0144. The third kappa shape index (κ3) is 4.40. The zero-order valence-corrected chi connectivity index (χ0v) is 18.7. The summed E-state index contributed by atoms with van der Waals surface area (Å²) in [5.41, 5.74) is 5.52. The molecule has 0 radical (unpaired) electrons. The number of hydrogen-bond acceptors (Lipinski definition) is 4. The van der Waals surface area contributed by atoms with Gasteiger partial charge in [0.1, 0.15) is 0 Å². The van der Waals surface area contributed by atoms with Crippen LogP contribution in [0.2, 0.25) is 0 Å². The van der Waals surface area contributed by atoms with Crippen LogP contribution in [0.15, 0.2) is 24.3 Å². The van der Waals surface area contributed by atoms with Crippen molar-refractivity contribution in [3.63, 3.8) is 0 Å². The second-order valence-electron chi connectivity index (χ2n) is 7.51. The number of amides is 2. The van der Waals surface area contributed by atoms with Crippen LogP contribution >= 0.6 is 0 Å². The van der Waals surface area contributed by atoms with Gasteiger partial charge in [0.2, 0.25) is 11.8 Å². The van der Waals surface area contributed by atoms with Gasteiger partial charge in [-0.1, -0.05) is 0 Å². The molecular formula is C24H29N3O4. The van der Waals surface area contributed by atoms with E-state index in [0.717, 1.165) is 35.6 Å². The van der Waals surface area contributed by atoms with E-state index in [4.69, 9.17) is 4.74 Å². The molecular weight excluding hydrogens is 394 g/mol. The number of nitrogens with zero attached hydrogens (tertiary/aromatic N) is 2. The number of anilines is 2. The smallest absolute Gasteiger partial charge is 0.340 e. The average Bonchev–Trinajstić information content (AvgIpc) is 3.24. The average molecular weight is 424 g/mol. The number of hydrogen-bond donors (Lipinski definition) is 1. The first-order valence-corrected chi connectivity index (χ1v) is 10.5. The number of aromatic nitrogens is 1. The van der Waals surface area contributed by atoms with Crippen molar-refractivity contribution in [1.29, 1.82) is 0 Å². The molecule has 1 aliphatic rings. The molecule has 1 N–H and O–H groups in total. The molecule has 0 atom stereocenters. The van der Waals surface area contributed by atoms with E-state index >= 15 is 0 Å². The van der Waals surface area contributed by atoms with Gasteiger partial charge in [0, 0.05) is 54.4 Å². The number of fused-ring (bicyclic) bond motifs is 1. The molecule has 164 valence electrons. The lowest BCUT2D eigenvalue weighted by molar-refractivity contribution is -0.116. The highest BCUT2D eigenvalue weighted by Gasteiger charge is 2.23. The Bertz CT molecular complexity index is 1070. The summed E-state index contributed by atoms with van der Waals surface area (Å²) in [6.07, 6.45) is 3.86. The molecule has 1 aromatic carbocycles. The number of carbonyl (C=O) groups is 3. The van der Waals surface area contributed by atoms with Gasteiger partial charge in [-0.05, 0) is 64.0 Å². The van der Waals surface area contributed by atoms with Crippen LogP contribution in [0.4, 0.5) is 11.4 Å². The summed E-state index contributed by atoms with van der Waals surface area (Å²) < 4.78 is 7.25. The SMILES string of the molecule is CCOC(=O)c1c(/C=C/C(=O)Nc2ccc3c(c2)CCN3C(C)=O)c(C)n(CC)c1C. The predicted molar refractivity (Wildman–Crippen MR) is 121 cm³/mol. The second-order valence-corrected chi connectivity index (χ2v) is 7.51. The van der Waals surface area contributed by atoms with Crippen LogP contribution in [-0.2, 0) is 27.3 Å². The Morgan fingerprint density at radius 1 is 1.16 bits per heavy atom. The molecule has 0 saturated carbocycles.